The van der Waals surface area contributed by atoms with Gasteiger partial charge in [0.15, 0.2) is 5.82 Å². The Morgan fingerprint density at radius 2 is 1.61 bits per heavy atom. The molecule has 0 radical (unpaired) electrons. The van der Waals surface area contributed by atoms with Gasteiger partial charge < -0.3 is 4.74 Å². The van der Waals surface area contributed by atoms with Gasteiger partial charge in [0.2, 0.25) is 5.88 Å². The van der Waals surface area contributed by atoms with Crippen LogP contribution in [0.25, 0.3) is 28.0 Å². The van der Waals surface area contributed by atoms with Gasteiger partial charge in [-0.3, -0.25) is 0 Å². The van der Waals surface area contributed by atoms with Gasteiger partial charge in [0, 0.05) is 12.6 Å². The third-order valence-corrected chi connectivity index (χ3v) is 4.85. The van der Waals surface area contributed by atoms with Crippen LogP contribution < -0.4 is 4.74 Å². The number of benzene rings is 2. The maximum absolute atomic E-state index is 14.7. The van der Waals surface area contributed by atoms with E-state index in [1.165, 1.54) is 22.8 Å². The summed E-state index contributed by atoms with van der Waals surface area (Å²) in [6, 6.07) is 12.4. The highest BCUT2D eigenvalue weighted by atomic mass is 19.1. The molecule has 0 amide bonds. The fourth-order valence-corrected chi connectivity index (χ4v) is 3.28. The molecule has 0 aliphatic carbocycles. The Bertz CT molecular complexity index is 1400. The van der Waals surface area contributed by atoms with Crippen molar-refractivity contribution in [3.8, 4) is 28.4 Å². The average Bonchev–Trinajstić information content (AvgIpc) is 3.36. The van der Waals surface area contributed by atoms with E-state index in [1.54, 1.807) is 54.3 Å². The maximum atomic E-state index is 14.7. The third kappa shape index (κ3) is 3.27. The number of rotatable bonds is 5. The minimum absolute atomic E-state index is 0.102. The highest BCUT2D eigenvalue weighted by Crippen LogP contribution is 2.37. The normalized spacial score (nSPS) is 11.2. The lowest BCUT2D eigenvalue weighted by molar-refractivity contribution is 0.283. The van der Waals surface area contributed by atoms with Crippen LogP contribution in [0.4, 0.5) is 8.78 Å². The van der Waals surface area contributed by atoms with Gasteiger partial charge in [-0.25, -0.2) is 18.0 Å². The number of hydrogen-bond donors (Lipinski definition) is 0. The van der Waals surface area contributed by atoms with Gasteiger partial charge in [-0.15, -0.1) is 15.3 Å². The van der Waals surface area contributed by atoms with Crippen molar-refractivity contribution < 1.29 is 13.5 Å². The molecule has 0 saturated heterocycles. The molecule has 10 heteroatoms. The van der Waals surface area contributed by atoms with E-state index in [0.29, 0.717) is 16.8 Å². The molecule has 5 aromatic rings. The number of hydrogen-bond acceptors (Lipinski definition) is 6. The average molecular weight is 419 g/mol. The first-order valence-electron chi connectivity index (χ1n) is 9.34. The Morgan fingerprint density at radius 1 is 0.903 bits per heavy atom. The number of halogens is 2. The largest absolute Gasteiger partial charge is 0.470 e. The molecule has 31 heavy (non-hydrogen) atoms. The van der Waals surface area contributed by atoms with Crippen molar-refractivity contribution >= 4 is 5.52 Å². The topological polar surface area (TPSA) is 83.0 Å². The fourth-order valence-electron chi connectivity index (χ4n) is 3.28. The lowest BCUT2D eigenvalue weighted by atomic mass is 10.1. The van der Waals surface area contributed by atoms with Crippen molar-refractivity contribution in [3.63, 3.8) is 0 Å². The molecule has 154 valence electrons. The standard InChI is InChI=1S/C21H15F2N7O/c1-29-13(10-25-28-29)12-31-21-19(14-6-2-4-8-16(14)22)18-11-24-26-20(30(18)27-21)15-7-3-5-9-17(15)23/h2-11H,12H2,1H3. The Hall–Kier alpha value is -4.21. The highest BCUT2D eigenvalue weighted by Gasteiger charge is 2.23. The van der Waals surface area contributed by atoms with E-state index >= 15 is 0 Å². The van der Waals surface area contributed by atoms with Gasteiger partial charge >= 0.3 is 0 Å². The molecule has 8 nitrogen and oxygen atoms in total. The van der Waals surface area contributed by atoms with Crippen molar-refractivity contribution in [3.05, 3.63) is 78.3 Å². The Labute approximate surface area is 174 Å². The van der Waals surface area contributed by atoms with Gasteiger partial charge in [-0.05, 0) is 18.2 Å². The van der Waals surface area contributed by atoms with Gasteiger partial charge in [0.25, 0.3) is 0 Å². The number of aromatic nitrogens is 7. The van der Waals surface area contributed by atoms with Crippen LogP contribution >= 0.6 is 0 Å². The molecule has 0 unspecified atom stereocenters. The molecule has 0 bridgehead atoms. The van der Waals surface area contributed by atoms with Crippen LogP contribution in [-0.2, 0) is 13.7 Å². The second kappa shape index (κ2) is 7.56. The summed E-state index contributed by atoms with van der Waals surface area (Å²) in [5.74, 6) is -0.603. The quantitative estimate of drug-likeness (QED) is 0.434. The summed E-state index contributed by atoms with van der Waals surface area (Å²) in [7, 11) is 1.73. The second-order valence-corrected chi connectivity index (χ2v) is 6.74. The van der Waals surface area contributed by atoms with E-state index < -0.39 is 11.6 Å². The fraction of sp³-hybridized carbons (Fsp3) is 0.0952. The minimum Gasteiger partial charge on any atom is -0.470 e. The molecule has 2 aromatic carbocycles. The smallest absolute Gasteiger partial charge is 0.242 e. The maximum Gasteiger partial charge on any atom is 0.242 e. The first-order valence-corrected chi connectivity index (χ1v) is 9.34. The van der Waals surface area contributed by atoms with Crippen LogP contribution in [0, 0.1) is 11.6 Å². The van der Waals surface area contributed by atoms with Crippen molar-refractivity contribution in [2.24, 2.45) is 7.05 Å². The van der Waals surface area contributed by atoms with Crippen molar-refractivity contribution in [1.29, 1.82) is 0 Å². The van der Waals surface area contributed by atoms with Crippen molar-refractivity contribution in [1.82, 2.24) is 34.8 Å². The van der Waals surface area contributed by atoms with Crippen LogP contribution in [0.1, 0.15) is 5.69 Å². The monoisotopic (exact) mass is 419 g/mol. The first kappa shape index (κ1) is 18.8. The lowest BCUT2D eigenvalue weighted by Crippen LogP contribution is -2.04. The predicted molar refractivity (Wildman–Crippen MR) is 107 cm³/mol. The first-order chi connectivity index (χ1) is 15.1. The molecule has 3 aromatic heterocycles. The molecule has 0 fully saturated rings. The number of fused-ring (bicyclic) bond motifs is 1. The van der Waals surface area contributed by atoms with Crippen molar-refractivity contribution in [2.45, 2.75) is 6.61 Å². The highest BCUT2D eigenvalue weighted by molar-refractivity contribution is 5.85. The molecule has 0 N–H and O–H groups in total. The molecule has 3 heterocycles. The molecule has 0 atom stereocenters. The van der Waals surface area contributed by atoms with Crippen molar-refractivity contribution in [2.75, 3.05) is 0 Å². The van der Waals surface area contributed by atoms with Crippen LogP contribution in [0.2, 0.25) is 0 Å². The summed E-state index contributed by atoms with van der Waals surface area (Å²) in [6.07, 6.45) is 3.00. The molecule has 0 aliphatic heterocycles. The number of nitrogens with zero attached hydrogens (tertiary/aromatic N) is 7. The van der Waals surface area contributed by atoms with Crippen LogP contribution in [0.15, 0.2) is 60.9 Å². The lowest BCUT2D eigenvalue weighted by Gasteiger charge is -2.07. The van der Waals surface area contributed by atoms with Crippen LogP contribution in [-0.4, -0.2) is 34.8 Å². The molecular weight excluding hydrogens is 404 g/mol. The summed E-state index contributed by atoms with van der Waals surface area (Å²) in [5.41, 5.74) is 2.01. The number of ether oxygens (including phenoxy) is 1. The summed E-state index contributed by atoms with van der Waals surface area (Å²) in [4.78, 5) is 0. The van der Waals surface area contributed by atoms with E-state index in [9.17, 15) is 8.78 Å². The zero-order chi connectivity index (χ0) is 21.4. The van der Waals surface area contributed by atoms with Crippen LogP contribution in [0.3, 0.4) is 0 Å². The van der Waals surface area contributed by atoms with Crippen LogP contribution in [0.5, 0.6) is 5.88 Å². The van der Waals surface area contributed by atoms with E-state index in [2.05, 4.69) is 25.6 Å². The van der Waals surface area contributed by atoms with Gasteiger partial charge in [-0.1, -0.05) is 35.5 Å². The third-order valence-electron chi connectivity index (χ3n) is 4.85. The molecule has 0 spiro atoms. The molecule has 0 saturated carbocycles. The zero-order valence-electron chi connectivity index (χ0n) is 16.3. The van der Waals surface area contributed by atoms with E-state index in [4.69, 9.17) is 4.74 Å². The summed E-state index contributed by atoms with van der Waals surface area (Å²) < 4.78 is 38.1. The zero-order valence-corrected chi connectivity index (χ0v) is 16.3. The minimum atomic E-state index is -0.476. The summed E-state index contributed by atoms with van der Waals surface area (Å²) in [6.45, 7) is 0.102. The van der Waals surface area contributed by atoms with Gasteiger partial charge in [0.05, 0.1) is 29.2 Å². The second-order valence-electron chi connectivity index (χ2n) is 6.74. The summed E-state index contributed by atoms with van der Waals surface area (Å²) >= 11 is 0. The molecule has 0 aliphatic rings. The Morgan fingerprint density at radius 3 is 2.29 bits per heavy atom. The SMILES string of the molecule is Cn1nncc1COc1nn2c(-c3ccccc3F)nncc2c1-c1ccccc1F. The predicted octanol–water partition coefficient (Wildman–Crippen LogP) is 3.44. The van der Waals surface area contributed by atoms with E-state index in [1.807, 2.05) is 0 Å². The summed E-state index contributed by atoms with van der Waals surface area (Å²) in [5, 5.41) is 20.2. The van der Waals surface area contributed by atoms with E-state index in [-0.39, 0.29) is 29.4 Å². The van der Waals surface area contributed by atoms with Gasteiger partial charge in [-0.2, -0.15) is 5.10 Å². The molecular formula is C21H15F2N7O. The number of aryl methyl sites for hydroxylation is 1. The van der Waals surface area contributed by atoms with E-state index in [0.717, 1.165) is 0 Å². The molecule has 5 rings (SSSR count). The van der Waals surface area contributed by atoms with Gasteiger partial charge in [0.1, 0.15) is 23.8 Å². The Balaban J connectivity index is 1.72. The Kier molecular flexibility index (Phi) is 4.58.